The van der Waals surface area contributed by atoms with Crippen LogP contribution >= 0.6 is 11.3 Å². The van der Waals surface area contributed by atoms with Gasteiger partial charge in [-0.3, -0.25) is 4.79 Å². The Hall–Kier alpha value is -3.05. The minimum absolute atomic E-state index is 0.0526. The second-order valence-electron chi connectivity index (χ2n) is 6.40. The van der Waals surface area contributed by atoms with Crippen LogP contribution in [0.1, 0.15) is 10.4 Å². The predicted octanol–water partition coefficient (Wildman–Crippen LogP) is 4.81. The van der Waals surface area contributed by atoms with Crippen LogP contribution in [0.5, 0.6) is 11.5 Å². The topological polar surface area (TPSA) is 38.8 Å². The zero-order valence-corrected chi connectivity index (χ0v) is 16.2. The van der Waals surface area contributed by atoms with E-state index in [-0.39, 0.29) is 5.91 Å². The van der Waals surface area contributed by atoms with E-state index >= 15 is 0 Å². The van der Waals surface area contributed by atoms with Gasteiger partial charge in [-0.25, -0.2) is 0 Å². The summed E-state index contributed by atoms with van der Waals surface area (Å²) in [5.41, 5.74) is 1.92. The van der Waals surface area contributed by atoms with E-state index in [1.807, 2.05) is 78.2 Å². The first-order chi connectivity index (χ1) is 13.8. The van der Waals surface area contributed by atoms with Crippen molar-refractivity contribution in [2.75, 3.05) is 24.7 Å². The molecule has 0 saturated heterocycles. The molecule has 28 heavy (non-hydrogen) atoms. The van der Waals surface area contributed by atoms with Crippen molar-refractivity contribution in [3.05, 3.63) is 82.6 Å². The molecule has 1 aromatic heterocycles. The van der Waals surface area contributed by atoms with E-state index in [2.05, 4.69) is 0 Å². The van der Waals surface area contributed by atoms with Crippen LogP contribution in [0.25, 0.3) is 6.08 Å². The molecule has 2 heterocycles. The SMILES string of the molecule is O=C(Cc1cccs1)N(CC=Cc1ccccc1)c1ccc2c(c1)OCCO2. The van der Waals surface area contributed by atoms with E-state index in [0.717, 1.165) is 21.9 Å². The maximum absolute atomic E-state index is 13.0. The molecule has 1 aliphatic rings. The van der Waals surface area contributed by atoms with Crippen molar-refractivity contribution in [2.24, 2.45) is 0 Å². The highest BCUT2D eigenvalue weighted by molar-refractivity contribution is 7.10. The standard InChI is InChI=1S/C23H21NO3S/c25-23(17-20-9-5-15-28-20)24(12-4-8-18-6-2-1-3-7-18)19-10-11-21-22(16-19)27-14-13-26-21/h1-11,15-16H,12-14,17H2. The van der Waals surface area contributed by atoms with E-state index in [1.165, 1.54) is 0 Å². The van der Waals surface area contributed by atoms with Crippen molar-refractivity contribution >= 4 is 29.0 Å². The fraction of sp³-hybridized carbons (Fsp3) is 0.174. The lowest BCUT2D eigenvalue weighted by molar-refractivity contribution is -0.117. The summed E-state index contributed by atoms with van der Waals surface area (Å²) in [5.74, 6) is 1.46. The second-order valence-corrected chi connectivity index (χ2v) is 7.43. The predicted molar refractivity (Wildman–Crippen MR) is 113 cm³/mol. The van der Waals surface area contributed by atoms with Crippen LogP contribution in [-0.4, -0.2) is 25.7 Å². The largest absolute Gasteiger partial charge is 0.486 e. The molecular weight excluding hydrogens is 370 g/mol. The van der Waals surface area contributed by atoms with Gasteiger partial charge < -0.3 is 14.4 Å². The number of thiophene rings is 1. The first-order valence-corrected chi connectivity index (χ1v) is 10.1. The third kappa shape index (κ3) is 4.43. The highest BCUT2D eigenvalue weighted by Gasteiger charge is 2.19. The van der Waals surface area contributed by atoms with Gasteiger partial charge in [-0.05, 0) is 29.1 Å². The number of benzene rings is 2. The van der Waals surface area contributed by atoms with E-state index < -0.39 is 0 Å². The van der Waals surface area contributed by atoms with Gasteiger partial charge in [0.2, 0.25) is 5.91 Å². The van der Waals surface area contributed by atoms with Crippen molar-refractivity contribution in [1.29, 1.82) is 0 Å². The van der Waals surface area contributed by atoms with Crippen molar-refractivity contribution < 1.29 is 14.3 Å². The second kappa shape index (κ2) is 8.76. The summed E-state index contributed by atoms with van der Waals surface area (Å²) in [7, 11) is 0. The molecule has 0 radical (unpaired) electrons. The summed E-state index contributed by atoms with van der Waals surface area (Å²) >= 11 is 1.60. The number of ether oxygens (including phenoxy) is 2. The molecular formula is C23H21NO3S. The van der Waals surface area contributed by atoms with E-state index in [4.69, 9.17) is 9.47 Å². The zero-order chi connectivity index (χ0) is 19.2. The summed E-state index contributed by atoms with van der Waals surface area (Å²) in [6.07, 6.45) is 4.42. The number of carbonyl (C=O) groups excluding carboxylic acids is 1. The van der Waals surface area contributed by atoms with Gasteiger partial charge in [0.05, 0.1) is 6.42 Å². The highest BCUT2D eigenvalue weighted by Crippen LogP contribution is 2.34. The first-order valence-electron chi connectivity index (χ1n) is 9.23. The third-order valence-corrected chi connectivity index (χ3v) is 5.32. The molecule has 0 unspecified atom stereocenters. The number of carbonyl (C=O) groups is 1. The molecule has 0 fully saturated rings. The molecule has 0 N–H and O–H groups in total. The van der Waals surface area contributed by atoms with Crippen molar-refractivity contribution in [3.63, 3.8) is 0 Å². The first kappa shape index (κ1) is 18.3. The molecule has 3 aromatic rings. The average molecular weight is 391 g/mol. The number of amides is 1. The molecule has 5 heteroatoms. The fourth-order valence-electron chi connectivity index (χ4n) is 3.07. The Morgan fingerprint density at radius 3 is 2.61 bits per heavy atom. The lowest BCUT2D eigenvalue weighted by atomic mass is 10.2. The van der Waals surface area contributed by atoms with Crippen molar-refractivity contribution in [3.8, 4) is 11.5 Å². The Kier molecular flexibility index (Phi) is 5.73. The van der Waals surface area contributed by atoms with E-state index in [1.54, 1.807) is 16.2 Å². The Labute approximate surface area is 168 Å². The molecule has 1 aliphatic heterocycles. The number of fused-ring (bicyclic) bond motifs is 1. The number of anilines is 1. The number of hydrogen-bond donors (Lipinski definition) is 0. The summed E-state index contributed by atoms with van der Waals surface area (Å²) in [4.78, 5) is 15.9. The summed E-state index contributed by atoms with van der Waals surface area (Å²) in [5, 5.41) is 1.99. The molecule has 1 amide bonds. The Balaban J connectivity index is 1.57. The molecule has 142 valence electrons. The normalized spacial score (nSPS) is 12.9. The maximum atomic E-state index is 13.0. The van der Waals surface area contributed by atoms with Gasteiger partial charge in [0.25, 0.3) is 0 Å². The van der Waals surface area contributed by atoms with Crippen LogP contribution in [0.4, 0.5) is 5.69 Å². The Morgan fingerprint density at radius 2 is 1.82 bits per heavy atom. The van der Waals surface area contributed by atoms with Gasteiger partial charge in [0, 0.05) is 23.2 Å². The van der Waals surface area contributed by atoms with Crippen molar-refractivity contribution in [2.45, 2.75) is 6.42 Å². The van der Waals surface area contributed by atoms with Gasteiger partial charge in [-0.2, -0.15) is 0 Å². The van der Waals surface area contributed by atoms with Crippen LogP contribution in [-0.2, 0) is 11.2 Å². The number of rotatable bonds is 6. The molecule has 0 bridgehead atoms. The Bertz CT molecular complexity index is 951. The van der Waals surface area contributed by atoms with Crippen LogP contribution < -0.4 is 14.4 Å². The third-order valence-electron chi connectivity index (χ3n) is 4.44. The average Bonchev–Trinajstić information content (AvgIpc) is 3.24. The van der Waals surface area contributed by atoms with Crippen LogP contribution in [0, 0.1) is 0 Å². The van der Waals surface area contributed by atoms with E-state index in [9.17, 15) is 4.79 Å². The molecule has 4 rings (SSSR count). The highest BCUT2D eigenvalue weighted by atomic mass is 32.1. The van der Waals surface area contributed by atoms with Gasteiger partial charge in [-0.15, -0.1) is 11.3 Å². The van der Waals surface area contributed by atoms with E-state index in [0.29, 0.717) is 31.9 Å². The smallest absolute Gasteiger partial charge is 0.232 e. The minimum Gasteiger partial charge on any atom is -0.486 e. The van der Waals surface area contributed by atoms with Crippen LogP contribution in [0.15, 0.2) is 72.1 Å². The lowest BCUT2D eigenvalue weighted by Gasteiger charge is -2.24. The van der Waals surface area contributed by atoms with Gasteiger partial charge in [0.15, 0.2) is 11.5 Å². The molecule has 0 atom stereocenters. The lowest BCUT2D eigenvalue weighted by Crippen LogP contribution is -2.32. The van der Waals surface area contributed by atoms with Gasteiger partial charge >= 0.3 is 0 Å². The van der Waals surface area contributed by atoms with Gasteiger partial charge in [0.1, 0.15) is 13.2 Å². The molecule has 0 spiro atoms. The number of nitrogens with zero attached hydrogens (tertiary/aromatic N) is 1. The van der Waals surface area contributed by atoms with Crippen LogP contribution in [0.2, 0.25) is 0 Å². The maximum Gasteiger partial charge on any atom is 0.232 e. The van der Waals surface area contributed by atoms with Gasteiger partial charge in [-0.1, -0.05) is 48.6 Å². The summed E-state index contributed by atoms with van der Waals surface area (Å²) in [6, 6.07) is 19.7. The Morgan fingerprint density at radius 1 is 1.00 bits per heavy atom. The zero-order valence-electron chi connectivity index (χ0n) is 15.4. The monoisotopic (exact) mass is 391 g/mol. The van der Waals surface area contributed by atoms with Crippen molar-refractivity contribution in [1.82, 2.24) is 0 Å². The molecule has 2 aromatic carbocycles. The quantitative estimate of drug-likeness (QED) is 0.605. The minimum atomic E-state index is 0.0526. The fourth-order valence-corrected chi connectivity index (χ4v) is 3.76. The molecule has 0 saturated carbocycles. The summed E-state index contributed by atoms with van der Waals surface area (Å²) < 4.78 is 11.3. The van der Waals surface area contributed by atoms with Crippen LogP contribution in [0.3, 0.4) is 0 Å². The summed E-state index contributed by atoms with van der Waals surface area (Å²) in [6.45, 7) is 1.55. The number of hydrogen-bond acceptors (Lipinski definition) is 4. The molecule has 0 aliphatic carbocycles. The molecule has 4 nitrogen and oxygen atoms in total.